The normalized spacial score (nSPS) is 40.4. The maximum Gasteiger partial charge on any atom is 0.344 e. The van der Waals surface area contributed by atoms with E-state index in [1.807, 2.05) is 6.92 Å². The van der Waals surface area contributed by atoms with Crippen molar-refractivity contribution in [3.8, 4) is 0 Å². The second kappa shape index (κ2) is 10.0. The molecule has 0 spiro atoms. The lowest BCUT2D eigenvalue weighted by Gasteiger charge is -2.36. The van der Waals surface area contributed by atoms with Crippen molar-refractivity contribution in [3.63, 3.8) is 0 Å². The number of ether oxygens (including phenoxy) is 6. The highest BCUT2D eigenvalue weighted by Gasteiger charge is 2.70. The summed E-state index contributed by atoms with van der Waals surface area (Å²) in [5, 5.41) is 0. The van der Waals surface area contributed by atoms with Crippen molar-refractivity contribution >= 4 is 35.8 Å². The first-order valence-corrected chi connectivity index (χ1v) is 13.3. The van der Waals surface area contributed by atoms with Crippen molar-refractivity contribution in [2.24, 2.45) is 35.5 Å². The number of esters is 6. The first kappa shape index (κ1) is 27.9. The van der Waals surface area contributed by atoms with Crippen LogP contribution >= 0.6 is 0 Å². The van der Waals surface area contributed by atoms with Crippen LogP contribution in [0.15, 0.2) is 25.3 Å². The molecule has 0 N–H and O–H groups in total. The van der Waals surface area contributed by atoms with Gasteiger partial charge in [-0.3, -0.25) is 9.59 Å². The standard InChI is InChI=1S/2C14H16O6/c1-3-10(15)18-6-11(16)20-14(2)7-4-8-9(5-7)13(17)19-12(8)14;1-3-10(15)18-6-11(16)19-12-7-4-8-9(5-7)14(12,2)20-13(8)17/h2*3,7-9,12H,1,4-6H2,2H3. The third-order valence-electron chi connectivity index (χ3n) is 9.46. The molecule has 0 aromatic rings. The summed E-state index contributed by atoms with van der Waals surface area (Å²) in [5.74, 6) is -2.47. The maximum atomic E-state index is 11.8. The van der Waals surface area contributed by atoms with E-state index >= 15 is 0 Å². The Hall–Kier alpha value is -3.70. The SMILES string of the molecule is C=CC(=O)OCC(=O)OC1(C)C2CC3C(=O)OC1C3C2.C=CC(=O)OCC(=O)OC1C2CC3C(=O)OC1(C)C3C2. The second-order valence-electron chi connectivity index (χ2n) is 11.5. The summed E-state index contributed by atoms with van der Waals surface area (Å²) in [6, 6.07) is 0. The average Bonchev–Trinajstić information content (AvgIpc) is 3.72. The van der Waals surface area contributed by atoms with Gasteiger partial charge in [-0.2, -0.15) is 0 Å². The highest BCUT2D eigenvalue weighted by atomic mass is 16.6. The van der Waals surface area contributed by atoms with Gasteiger partial charge in [-0.1, -0.05) is 13.2 Å². The highest BCUT2D eigenvalue weighted by molar-refractivity contribution is 5.84. The lowest BCUT2D eigenvalue weighted by atomic mass is 9.79. The molecular formula is C28H32O12. The summed E-state index contributed by atoms with van der Waals surface area (Å²) in [4.78, 5) is 68.7. The van der Waals surface area contributed by atoms with Gasteiger partial charge < -0.3 is 28.4 Å². The monoisotopic (exact) mass is 560 g/mol. The fourth-order valence-corrected chi connectivity index (χ4v) is 7.72. The zero-order valence-electron chi connectivity index (χ0n) is 22.3. The van der Waals surface area contributed by atoms with Gasteiger partial charge in [0.2, 0.25) is 0 Å². The van der Waals surface area contributed by atoms with Crippen LogP contribution < -0.4 is 0 Å². The Labute approximate surface area is 230 Å². The minimum atomic E-state index is -0.801. The summed E-state index contributed by atoms with van der Waals surface area (Å²) >= 11 is 0. The van der Waals surface area contributed by atoms with Gasteiger partial charge >= 0.3 is 35.8 Å². The lowest BCUT2D eigenvalue weighted by molar-refractivity contribution is -0.184. The molecule has 10 atom stereocenters. The molecule has 12 heteroatoms. The molecule has 0 amide bonds. The molecule has 2 heterocycles. The van der Waals surface area contributed by atoms with Crippen LogP contribution in [0.25, 0.3) is 0 Å². The molecule has 0 radical (unpaired) electrons. The Bertz CT molecular complexity index is 1180. The summed E-state index contributed by atoms with van der Waals surface area (Å²) in [6.45, 7) is 9.19. The summed E-state index contributed by atoms with van der Waals surface area (Å²) < 4.78 is 31.0. The van der Waals surface area contributed by atoms with Crippen LogP contribution in [0.2, 0.25) is 0 Å². The molecule has 4 saturated carbocycles. The zero-order chi connectivity index (χ0) is 29.0. The number of rotatable bonds is 8. The number of hydrogen-bond acceptors (Lipinski definition) is 12. The van der Waals surface area contributed by atoms with Crippen molar-refractivity contribution in [3.05, 3.63) is 25.3 Å². The Kier molecular flexibility index (Phi) is 6.99. The minimum Gasteiger partial charge on any atom is -0.458 e. The van der Waals surface area contributed by atoms with E-state index in [1.54, 1.807) is 6.92 Å². The smallest absolute Gasteiger partial charge is 0.344 e. The molecule has 2 saturated heterocycles. The molecule has 6 aliphatic rings. The van der Waals surface area contributed by atoms with Crippen LogP contribution in [0.3, 0.4) is 0 Å². The first-order chi connectivity index (χ1) is 18.9. The molecule has 0 aromatic heterocycles. The van der Waals surface area contributed by atoms with E-state index in [1.165, 1.54) is 0 Å². The predicted molar refractivity (Wildman–Crippen MR) is 130 cm³/mol. The Morgan fingerprint density at radius 1 is 0.900 bits per heavy atom. The first-order valence-electron chi connectivity index (χ1n) is 13.3. The predicted octanol–water partition coefficient (Wildman–Crippen LogP) is 1.20. The van der Waals surface area contributed by atoms with Gasteiger partial charge in [0.15, 0.2) is 13.2 Å². The lowest BCUT2D eigenvalue weighted by Crippen LogP contribution is -2.48. The van der Waals surface area contributed by atoms with E-state index in [-0.39, 0.29) is 53.6 Å². The van der Waals surface area contributed by atoms with Crippen molar-refractivity contribution in [1.29, 1.82) is 0 Å². The minimum absolute atomic E-state index is 0.0321. The van der Waals surface area contributed by atoms with Crippen molar-refractivity contribution in [1.82, 2.24) is 0 Å². The summed E-state index contributed by atoms with van der Waals surface area (Å²) in [7, 11) is 0. The van der Waals surface area contributed by atoms with E-state index in [0.717, 1.165) is 25.0 Å². The van der Waals surface area contributed by atoms with Gasteiger partial charge in [-0.05, 0) is 39.5 Å². The molecule has 4 aliphatic carbocycles. The molecular weight excluding hydrogens is 528 g/mol. The third kappa shape index (κ3) is 4.46. The van der Waals surface area contributed by atoms with Crippen molar-refractivity contribution < 1.29 is 57.2 Å². The van der Waals surface area contributed by atoms with Gasteiger partial charge in [0.1, 0.15) is 23.4 Å². The van der Waals surface area contributed by atoms with Gasteiger partial charge in [-0.25, -0.2) is 19.2 Å². The molecule has 40 heavy (non-hydrogen) atoms. The number of carbonyl (C=O) groups is 6. The summed E-state index contributed by atoms with van der Waals surface area (Å²) in [5.41, 5.74) is -1.52. The quantitative estimate of drug-likeness (QED) is 0.238. The maximum absolute atomic E-state index is 11.8. The van der Waals surface area contributed by atoms with Crippen molar-refractivity contribution in [2.75, 3.05) is 13.2 Å². The molecule has 6 rings (SSSR count). The third-order valence-corrected chi connectivity index (χ3v) is 9.46. The number of hydrogen-bond donors (Lipinski definition) is 0. The second-order valence-corrected chi connectivity index (χ2v) is 11.5. The molecule has 4 bridgehead atoms. The largest absolute Gasteiger partial charge is 0.458 e. The fourth-order valence-electron chi connectivity index (χ4n) is 7.72. The van der Waals surface area contributed by atoms with Gasteiger partial charge in [0.25, 0.3) is 0 Å². The molecule has 0 aromatic carbocycles. The number of carbonyl (C=O) groups excluding carboxylic acids is 6. The molecule has 6 fully saturated rings. The number of fused-ring (bicyclic) bond motifs is 2. The topological polar surface area (TPSA) is 158 Å². The summed E-state index contributed by atoms with van der Waals surface area (Å²) in [6.07, 6.45) is 4.27. The van der Waals surface area contributed by atoms with Gasteiger partial charge in [-0.15, -0.1) is 0 Å². The Morgan fingerprint density at radius 2 is 1.55 bits per heavy atom. The van der Waals surface area contributed by atoms with Crippen LogP contribution in [-0.2, 0) is 57.2 Å². The van der Waals surface area contributed by atoms with Gasteiger partial charge in [0.05, 0.1) is 11.8 Å². The van der Waals surface area contributed by atoms with Crippen LogP contribution in [0.5, 0.6) is 0 Å². The Morgan fingerprint density at radius 3 is 2.20 bits per heavy atom. The van der Waals surface area contributed by atoms with Crippen LogP contribution in [-0.4, -0.2) is 72.4 Å². The highest BCUT2D eigenvalue weighted by Crippen LogP contribution is 2.61. The van der Waals surface area contributed by atoms with Crippen molar-refractivity contribution in [2.45, 2.75) is 62.9 Å². The van der Waals surface area contributed by atoms with E-state index in [9.17, 15) is 28.8 Å². The zero-order valence-corrected chi connectivity index (χ0v) is 22.3. The van der Waals surface area contributed by atoms with Crippen LogP contribution in [0, 0.1) is 35.5 Å². The van der Waals surface area contributed by atoms with E-state index < -0.39 is 54.4 Å². The molecule has 12 nitrogen and oxygen atoms in total. The van der Waals surface area contributed by atoms with E-state index in [2.05, 4.69) is 22.6 Å². The van der Waals surface area contributed by atoms with Crippen LogP contribution in [0.1, 0.15) is 39.5 Å². The molecule has 2 aliphatic heterocycles. The Balaban J connectivity index is 0.000000161. The van der Waals surface area contributed by atoms with Crippen LogP contribution in [0.4, 0.5) is 0 Å². The van der Waals surface area contributed by atoms with E-state index in [4.69, 9.17) is 18.9 Å². The average molecular weight is 561 g/mol. The van der Waals surface area contributed by atoms with Gasteiger partial charge in [0, 0.05) is 35.8 Å². The molecule has 10 unspecified atom stereocenters. The fraction of sp³-hybridized carbons (Fsp3) is 0.643. The molecule has 216 valence electrons. The van der Waals surface area contributed by atoms with E-state index in [0.29, 0.717) is 12.8 Å².